The lowest BCUT2D eigenvalue weighted by Crippen LogP contribution is -2.52. The first-order chi connectivity index (χ1) is 16.9. The Labute approximate surface area is 209 Å². The number of carbonyl (C=O) groups excluding carboxylic acids is 3. The molecule has 3 atom stereocenters. The summed E-state index contributed by atoms with van der Waals surface area (Å²) in [6.45, 7) is 8.13. The lowest BCUT2D eigenvalue weighted by molar-refractivity contribution is -0.135. The van der Waals surface area contributed by atoms with Crippen molar-refractivity contribution in [1.82, 2.24) is 15.1 Å². The molecule has 1 N–H and O–H groups in total. The molecule has 8 nitrogen and oxygen atoms in total. The van der Waals surface area contributed by atoms with Gasteiger partial charge in [-0.2, -0.15) is 0 Å². The van der Waals surface area contributed by atoms with Gasteiger partial charge in [0.2, 0.25) is 5.91 Å². The number of carbonyl (C=O) groups is 3. The quantitative estimate of drug-likeness (QED) is 0.544. The zero-order valence-electron chi connectivity index (χ0n) is 21.4. The van der Waals surface area contributed by atoms with E-state index in [-0.39, 0.29) is 18.2 Å². The van der Waals surface area contributed by atoms with Crippen LogP contribution in [0.25, 0.3) is 0 Å². The second-order valence-corrected chi connectivity index (χ2v) is 10.5. The van der Waals surface area contributed by atoms with Crippen LogP contribution in [-0.4, -0.2) is 79.6 Å². The van der Waals surface area contributed by atoms with Gasteiger partial charge in [-0.25, -0.2) is 9.69 Å². The van der Waals surface area contributed by atoms with E-state index in [1.165, 1.54) is 19.3 Å². The number of benzene rings is 1. The number of hydrogen-bond donors (Lipinski definition) is 1. The summed E-state index contributed by atoms with van der Waals surface area (Å²) in [5.74, 6) is 0.323. The Balaban J connectivity index is 1.41. The zero-order valence-corrected chi connectivity index (χ0v) is 21.4. The van der Waals surface area contributed by atoms with Crippen LogP contribution >= 0.6 is 0 Å². The Morgan fingerprint density at radius 3 is 2.57 bits per heavy atom. The van der Waals surface area contributed by atoms with Crippen LogP contribution in [0.3, 0.4) is 0 Å². The Morgan fingerprint density at radius 2 is 1.86 bits per heavy atom. The van der Waals surface area contributed by atoms with Crippen molar-refractivity contribution in [3.8, 4) is 0 Å². The van der Waals surface area contributed by atoms with Crippen LogP contribution in [-0.2, 0) is 14.3 Å². The van der Waals surface area contributed by atoms with E-state index in [2.05, 4.69) is 24.1 Å². The third-order valence-corrected chi connectivity index (χ3v) is 7.82. The number of methoxy groups -OCH3 is 1. The fourth-order valence-electron chi connectivity index (χ4n) is 5.82. The molecule has 0 saturated carbocycles. The van der Waals surface area contributed by atoms with Gasteiger partial charge >= 0.3 is 6.03 Å². The van der Waals surface area contributed by atoms with E-state index in [1.54, 1.807) is 19.2 Å². The van der Waals surface area contributed by atoms with E-state index in [0.717, 1.165) is 36.4 Å². The Hall–Kier alpha value is -2.45. The molecule has 192 valence electrons. The van der Waals surface area contributed by atoms with Crippen LogP contribution in [0.4, 0.5) is 10.5 Å². The number of fused-ring (bicyclic) bond motifs is 1. The van der Waals surface area contributed by atoms with Gasteiger partial charge in [0.25, 0.3) is 5.91 Å². The van der Waals surface area contributed by atoms with E-state index < -0.39 is 12.1 Å². The SMILES string of the molecule is COCCN(C[C@@H]1CCCN2CCCC[C@H]12)C(=O)C[C@@H]1NC(=O)N(c2ccc(C(C)C)cc2)C1=O. The number of piperidine rings is 2. The Bertz CT molecular complexity index is 901. The molecule has 0 bridgehead atoms. The molecule has 3 aliphatic heterocycles. The minimum absolute atomic E-state index is 0.0318. The van der Waals surface area contributed by atoms with Gasteiger partial charge in [-0.15, -0.1) is 0 Å². The molecule has 0 spiro atoms. The topological polar surface area (TPSA) is 82.2 Å². The third-order valence-electron chi connectivity index (χ3n) is 7.82. The lowest BCUT2D eigenvalue weighted by atomic mass is 9.83. The molecule has 4 rings (SSSR count). The fraction of sp³-hybridized carbons (Fsp3) is 0.667. The highest BCUT2D eigenvalue weighted by atomic mass is 16.5. The molecular formula is C27H40N4O4. The highest BCUT2D eigenvalue weighted by molar-refractivity contribution is 6.22. The van der Waals surface area contributed by atoms with Crippen LogP contribution < -0.4 is 10.2 Å². The minimum Gasteiger partial charge on any atom is -0.383 e. The standard InChI is InChI=1S/C27H40N4O4/c1-19(2)20-9-11-22(12-10-20)31-26(33)23(28-27(31)34)17-25(32)30(15-16-35-3)18-21-7-6-14-29-13-5-4-8-24(21)29/h9-12,19,21,23-24H,4-8,13-18H2,1-3H3,(H,28,34)/t21-,23-,24+/m0/s1. The van der Waals surface area contributed by atoms with Crippen LogP contribution in [0.2, 0.25) is 0 Å². The number of imide groups is 1. The number of urea groups is 1. The van der Waals surface area contributed by atoms with Crippen molar-refractivity contribution < 1.29 is 19.1 Å². The molecule has 0 radical (unpaired) electrons. The molecule has 1 aromatic rings. The van der Waals surface area contributed by atoms with E-state index in [0.29, 0.717) is 43.3 Å². The zero-order chi connectivity index (χ0) is 24.9. The van der Waals surface area contributed by atoms with Crippen molar-refractivity contribution >= 4 is 23.5 Å². The maximum absolute atomic E-state index is 13.4. The molecule has 3 fully saturated rings. The molecule has 0 aliphatic carbocycles. The van der Waals surface area contributed by atoms with Crippen LogP contribution in [0.15, 0.2) is 24.3 Å². The van der Waals surface area contributed by atoms with Crippen LogP contribution in [0.1, 0.15) is 63.9 Å². The molecule has 3 saturated heterocycles. The highest BCUT2D eigenvalue weighted by Gasteiger charge is 2.41. The predicted molar refractivity (Wildman–Crippen MR) is 135 cm³/mol. The van der Waals surface area contributed by atoms with Gasteiger partial charge in [0.1, 0.15) is 6.04 Å². The number of ether oxygens (including phenoxy) is 1. The normalized spacial score (nSPS) is 25.0. The second kappa shape index (κ2) is 11.5. The number of hydrogen-bond acceptors (Lipinski definition) is 5. The average molecular weight is 485 g/mol. The maximum atomic E-state index is 13.4. The van der Waals surface area contributed by atoms with Crippen molar-refractivity contribution in [2.45, 2.75) is 70.4 Å². The third kappa shape index (κ3) is 5.86. The van der Waals surface area contributed by atoms with Crippen LogP contribution in [0, 0.1) is 5.92 Å². The first-order valence-corrected chi connectivity index (χ1v) is 13.1. The Morgan fingerprint density at radius 1 is 1.11 bits per heavy atom. The Kier molecular flexibility index (Phi) is 8.44. The average Bonchev–Trinajstić information content (AvgIpc) is 3.14. The van der Waals surface area contributed by atoms with Crippen molar-refractivity contribution in [3.63, 3.8) is 0 Å². The van der Waals surface area contributed by atoms with Crippen molar-refractivity contribution in [1.29, 1.82) is 0 Å². The van der Waals surface area contributed by atoms with E-state index in [1.807, 2.05) is 17.0 Å². The number of nitrogens with one attached hydrogen (secondary N) is 1. The smallest absolute Gasteiger partial charge is 0.329 e. The highest BCUT2D eigenvalue weighted by Crippen LogP contribution is 2.32. The second-order valence-electron chi connectivity index (χ2n) is 10.5. The van der Waals surface area contributed by atoms with Crippen LogP contribution in [0.5, 0.6) is 0 Å². The summed E-state index contributed by atoms with van der Waals surface area (Å²) in [4.78, 5) is 44.8. The molecule has 1 aromatic carbocycles. The largest absolute Gasteiger partial charge is 0.383 e. The van der Waals surface area contributed by atoms with Gasteiger partial charge in [-0.1, -0.05) is 32.4 Å². The van der Waals surface area contributed by atoms with Gasteiger partial charge in [0, 0.05) is 26.2 Å². The molecule has 3 aliphatic rings. The van der Waals surface area contributed by atoms with E-state index >= 15 is 0 Å². The summed E-state index contributed by atoms with van der Waals surface area (Å²) in [6, 6.07) is 6.67. The number of nitrogens with zero attached hydrogens (tertiary/aromatic N) is 3. The van der Waals surface area contributed by atoms with E-state index in [9.17, 15) is 14.4 Å². The summed E-state index contributed by atoms with van der Waals surface area (Å²) in [5.41, 5.74) is 1.67. The molecule has 4 amide bonds. The van der Waals surface area contributed by atoms with E-state index in [4.69, 9.17) is 4.74 Å². The number of anilines is 1. The molecule has 8 heteroatoms. The maximum Gasteiger partial charge on any atom is 0.329 e. The monoisotopic (exact) mass is 484 g/mol. The van der Waals surface area contributed by atoms with Crippen molar-refractivity contribution in [2.75, 3.05) is 44.8 Å². The fourth-order valence-corrected chi connectivity index (χ4v) is 5.82. The summed E-state index contributed by atoms with van der Waals surface area (Å²) >= 11 is 0. The van der Waals surface area contributed by atoms with Gasteiger partial charge in [0.05, 0.1) is 18.7 Å². The molecular weight excluding hydrogens is 444 g/mol. The summed E-state index contributed by atoms with van der Waals surface area (Å²) < 4.78 is 5.28. The first kappa shape index (κ1) is 25.6. The minimum atomic E-state index is -0.845. The number of rotatable bonds is 9. The van der Waals surface area contributed by atoms with Gasteiger partial charge < -0.3 is 19.9 Å². The summed E-state index contributed by atoms with van der Waals surface area (Å²) in [5, 5.41) is 2.73. The van der Waals surface area contributed by atoms with Gasteiger partial charge in [-0.05, 0) is 68.3 Å². The summed E-state index contributed by atoms with van der Waals surface area (Å²) in [7, 11) is 1.63. The molecule has 3 heterocycles. The molecule has 0 aromatic heterocycles. The van der Waals surface area contributed by atoms with Gasteiger partial charge in [0.15, 0.2) is 0 Å². The molecule has 35 heavy (non-hydrogen) atoms. The number of amides is 4. The predicted octanol–water partition coefficient (Wildman–Crippen LogP) is 3.36. The molecule has 0 unspecified atom stereocenters. The lowest BCUT2D eigenvalue weighted by Gasteiger charge is -2.45. The van der Waals surface area contributed by atoms with Gasteiger partial charge in [-0.3, -0.25) is 9.59 Å². The van der Waals surface area contributed by atoms with Crippen molar-refractivity contribution in [2.24, 2.45) is 5.92 Å². The summed E-state index contributed by atoms with van der Waals surface area (Å²) in [6.07, 6.45) is 5.96. The first-order valence-electron chi connectivity index (χ1n) is 13.1. The van der Waals surface area contributed by atoms with Crippen molar-refractivity contribution in [3.05, 3.63) is 29.8 Å².